The van der Waals surface area contributed by atoms with Crippen LogP contribution >= 0.6 is 11.8 Å². The number of carbonyl (C=O) groups is 1. The van der Waals surface area contributed by atoms with Gasteiger partial charge >= 0.3 is 0 Å². The van der Waals surface area contributed by atoms with Crippen LogP contribution in [0.4, 0.5) is 5.69 Å². The molecule has 0 fully saturated rings. The smallest absolute Gasteiger partial charge is 0.237 e. The number of nitrogens with one attached hydrogen (secondary N) is 1. The highest BCUT2D eigenvalue weighted by Gasteiger charge is 2.15. The van der Waals surface area contributed by atoms with Crippen LogP contribution < -0.4 is 4.90 Å². The van der Waals surface area contributed by atoms with E-state index in [9.17, 15) is 4.79 Å². The number of carbonyl (C=O) groups excluding carboxylic acids is 1. The van der Waals surface area contributed by atoms with Crippen molar-refractivity contribution in [3.8, 4) is 0 Å². The highest BCUT2D eigenvalue weighted by molar-refractivity contribution is 7.99. The van der Waals surface area contributed by atoms with Crippen LogP contribution in [0.25, 0.3) is 12.2 Å². The zero-order valence-electron chi connectivity index (χ0n) is 14.5. The van der Waals surface area contributed by atoms with E-state index in [-0.39, 0.29) is 5.91 Å². The van der Waals surface area contributed by atoms with Crippen LogP contribution in [0.1, 0.15) is 18.3 Å². The predicted molar refractivity (Wildman–Crippen MR) is 107 cm³/mol. The lowest BCUT2D eigenvalue weighted by molar-refractivity contribution is -0.116. The highest BCUT2D eigenvalue weighted by Crippen LogP contribution is 2.18. The van der Waals surface area contributed by atoms with Gasteiger partial charge in [-0.25, -0.2) is 4.98 Å². The second-order valence-electron chi connectivity index (χ2n) is 5.51. The summed E-state index contributed by atoms with van der Waals surface area (Å²) in [5, 5.41) is 7.61. The van der Waals surface area contributed by atoms with Crippen molar-refractivity contribution in [2.75, 3.05) is 17.2 Å². The second kappa shape index (κ2) is 9.01. The SMILES string of the molecule is CCN(C(=O)CSc1n[nH]c(/C=C/c2ccccc2)n1)c1ccccc1. The van der Waals surface area contributed by atoms with Gasteiger partial charge in [0, 0.05) is 12.2 Å². The largest absolute Gasteiger partial charge is 0.312 e. The first-order valence-corrected chi connectivity index (χ1v) is 9.38. The van der Waals surface area contributed by atoms with Crippen molar-refractivity contribution in [3.63, 3.8) is 0 Å². The second-order valence-corrected chi connectivity index (χ2v) is 6.45. The Balaban J connectivity index is 1.57. The molecule has 1 heterocycles. The number of hydrogen-bond acceptors (Lipinski definition) is 4. The van der Waals surface area contributed by atoms with Gasteiger partial charge in [-0.2, -0.15) is 0 Å². The van der Waals surface area contributed by atoms with Crippen LogP contribution in [0, 0.1) is 0 Å². The molecule has 5 nitrogen and oxygen atoms in total. The van der Waals surface area contributed by atoms with Crippen molar-refractivity contribution in [3.05, 3.63) is 72.1 Å². The molecule has 1 aromatic heterocycles. The van der Waals surface area contributed by atoms with Crippen LogP contribution in [-0.4, -0.2) is 33.4 Å². The van der Waals surface area contributed by atoms with Gasteiger partial charge in [-0.05, 0) is 30.7 Å². The number of hydrogen-bond donors (Lipinski definition) is 1. The highest BCUT2D eigenvalue weighted by atomic mass is 32.2. The molecule has 1 amide bonds. The summed E-state index contributed by atoms with van der Waals surface area (Å²) in [6.07, 6.45) is 3.84. The van der Waals surface area contributed by atoms with Crippen LogP contribution in [0.15, 0.2) is 65.8 Å². The first-order chi connectivity index (χ1) is 12.8. The molecule has 3 rings (SSSR count). The van der Waals surface area contributed by atoms with Gasteiger partial charge in [0.15, 0.2) is 0 Å². The Morgan fingerprint density at radius 3 is 2.46 bits per heavy atom. The molecule has 0 saturated heterocycles. The molecule has 0 spiro atoms. The number of aromatic nitrogens is 3. The van der Waals surface area contributed by atoms with E-state index in [0.29, 0.717) is 23.3 Å². The van der Waals surface area contributed by atoms with Gasteiger partial charge in [0.05, 0.1) is 5.75 Å². The number of para-hydroxylation sites is 1. The quantitative estimate of drug-likeness (QED) is 0.641. The van der Waals surface area contributed by atoms with Crippen molar-refractivity contribution in [1.29, 1.82) is 0 Å². The summed E-state index contributed by atoms with van der Waals surface area (Å²) in [4.78, 5) is 18.6. The molecule has 0 aliphatic rings. The van der Waals surface area contributed by atoms with Gasteiger partial charge < -0.3 is 4.90 Å². The predicted octanol–water partition coefficient (Wildman–Crippen LogP) is 4.12. The fraction of sp³-hybridized carbons (Fsp3) is 0.150. The summed E-state index contributed by atoms with van der Waals surface area (Å²) in [7, 11) is 0. The van der Waals surface area contributed by atoms with Crippen molar-refractivity contribution in [1.82, 2.24) is 15.2 Å². The fourth-order valence-corrected chi connectivity index (χ4v) is 3.13. The summed E-state index contributed by atoms with van der Waals surface area (Å²) >= 11 is 1.33. The van der Waals surface area contributed by atoms with Crippen molar-refractivity contribution < 1.29 is 4.79 Å². The Morgan fingerprint density at radius 1 is 1.08 bits per heavy atom. The zero-order chi connectivity index (χ0) is 18.2. The molecule has 0 unspecified atom stereocenters. The molecule has 2 aromatic carbocycles. The molecule has 0 saturated carbocycles. The number of anilines is 1. The summed E-state index contributed by atoms with van der Waals surface area (Å²) < 4.78 is 0. The van der Waals surface area contributed by atoms with Gasteiger partial charge in [-0.1, -0.05) is 66.4 Å². The minimum absolute atomic E-state index is 0.0369. The van der Waals surface area contributed by atoms with E-state index in [1.807, 2.05) is 79.7 Å². The first kappa shape index (κ1) is 17.9. The van der Waals surface area contributed by atoms with Gasteiger partial charge in [0.1, 0.15) is 5.82 Å². The fourth-order valence-electron chi connectivity index (χ4n) is 2.45. The molecule has 6 heteroatoms. The first-order valence-electron chi connectivity index (χ1n) is 8.40. The minimum Gasteiger partial charge on any atom is -0.312 e. The third-order valence-electron chi connectivity index (χ3n) is 3.73. The van der Waals surface area contributed by atoms with Gasteiger partial charge in [0.2, 0.25) is 11.1 Å². The minimum atomic E-state index is 0.0369. The lowest BCUT2D eigenvalue weighted by Crippen LogP contribution is -2.32. The van der Waals surface area contributed by atoms with Gasteiger partial charge in [0.25, 0.3) is 0 Å². The van der Waals surface area contributed by atoms with Crippen molar-refractivity contribution in [2.45, 2.75) is 12.1 Å². The molecule has 132 valence electrons. The molecule has 0 atom stereocenters. The molecule has 26 heavy (non-hydrogen) atoms. The van der Waals surface area contributed by atoms with Crippen LogP contribution in [0.2, 0.25) is 0 Å². The van der Waals surface area contributed by atoms with E-state index in [0.717, 1.165) is 11.3 Å². The van der Waals surface area contributed by atoms with E-state index in [1.165, 1.54) is 11.8 Å². The van der Waals surface area contributed by atoms with Crippen LogP contribution in [0.3, 0.4) is 0 Å². The molecule has 1 N–H and O–H groups in total. The number of thioether (sulfide) groups is 1. The molecular weight excluding hydrogens is 344 g/mol. The van der Waals surface area contributed by atoms with E-state index in [1.54, 1.807) is 4.90 Å². The maximum atomic E-state index is 12.5. The Kier molecular flexibility index (Phi) is 6.22. The average Bonchev–Trinajstić information content (AvgIpc) is 3.15. The maximum Gasteiger partial charge on any atom is 0.237 e. The Hall–Kier alpha value is -2.86. The molecule has 0 aliphatic heterocycles. The Labute approximate surface area is 157 Å². The number of nitrogens with zero attached hydrogens (tertiary/aromatic N) is 3. The summed E-state index contributed by atoms with van der Waals surface area (Å²) in [6, 6.07) is 19.7. The van der Waals surface area contributed by atoms with Crippen LogP contribution in [-0.2, 0) is 4.79 Å². The van der Waals surface area contributed by atoms with Crippen molar-refractivity contribution >= 4 is 35.5 Å². The zero-order valence-corrected chi connectivity index (χ0v) is 15.3. The average molecular weight is 364 g/mol. The number of H-pyrrole nitrogens is 1. The van der Waals surface area contributed by atoms with E-state index in [2.05, 4.69) is 15.2 Å². The summed E-state index contributed by atoms with van der Waals surface area (Å²) in [5.41, 5.74) is 2.00. The van der Waals surface area contributed by atoms with Gasteiger partial charge in [-0.3, -0.25) is 9.89 Å². The number of aromatic amines is 1. The lowest BCUT2D eigenvalue weighted by atomic mass is 10.2. The standard InChI is InChI=1S/C20H20N4OS/c1-2-24(17-11-7-4-8-12-17)19(25)15-26-20-21-18(22-23-20)14-13-16-9-5-3-6-10-16/h3-14H,2,15H2,1H3,(H,21,22,23)/b14-13+. The lowest BCUT2D eigenvalue weighted by Gasteiger charge is -2.20. The Bertz CT molecular complexity index is 862. The molecule has 3 aromatic rings. The molecule has 0 radical (unpaired) electrons. The van der Waals surface area contributed by atoms with Crippen molar-refractivity contribution in [2.24, 2.45) is 0 Å². The topological polar surface area (TPSA) is 61.9 Å². The van der Waals surface area contributed by atoms with Gasteiger partial charge in [-0.15, -0.1) is 5.10 Å². The number of rotatable bonds is 7. The van der Waals surface area contributed by atoms with E-state index >= 15 is 0 Å². The Morgan fingerprint density at radius 2 is 1.77 bits per heavy atom. The third kappa shape index (κ3) is 4.83. The van der Waals surface area contributed by atoms with E-state index < -0.39 is 0 Å². The maximum absolute atomic E-state index is 12.5. The number of benzene rings is 2. The third-order valence-corrected chi connectivity index (χ3v) is 4.56. The van der Waals surface area contributed by atoms with Crippen LogP contribution in [0.5, 0.6) is 0 Å². The van der Waals surface area contributed by atoms with E-state index in [4.69, 9.17) is 0 Å². The summed E-state index contributed by atoms with van der Waals surface area (Å²) in [5.74, 6) is 0.997. The summed E-state index contributed by atoms with van der Waals surface area (Å²) in [6.45, 7) is 2.59. The molecule has 0 bridgehead atoms. The normalized spacial score (nSPS) is 11.0. The molecular formula is C20H20N4OS. The monoisotopic (exact) mass is 364 g/mol. The molecule has 0 aliphatic carbocycles. The number of amides is 1.